The van der Waals surface area contributed by atoms with Crippen LogP contribution in [0, 0.1) is 5.92 Å². The number of nitrogen functional groups attached to an aromatic ring is 1. The number of nitrogens with zero attached hydrogens (tertiary/aromatic N) is 2. The lowest BCUT2D eigenvalue weighted by Crippen LogP contribution is -2.47. The molecule has 0 saturated heterocycles. The highest BCUT2D eigenvalue weighted by atomic mass is 35.5. The van der Waals surface area contributed by atoms with Crippen molar-refractivity contribution in [2.45, 2.75) is 51.5 Å². The largest absolute Gasteiger partial charge is 0.398 e. The number of amides is 1. The van der Waals surface area contributed by atoms with Crippen LogP contribution in [0.15, 0.2) is 18.2 Å². The Morgan fingerprint density at radius 3 is 2.79 bits per heavy atom. The van der Waals surface area contributed by atoms with Crippen LogP contribution in [0.5, 0.6) is 0 Å². The molecule has 3 rings (SSSR count). The molecule has 0 aromatic heterocycles. The standard InChI is InChI=1S/C19H29N3O.ClH/c1-14-7-3-4-10-17(14)21(2)19(23)13-22-12-6-8-15-16(20)9-5-11-18(15)22;/h5,9,11,14,17H,3-4,6-8,10,12-13,20H2,1-2H3;1H. The van der Waals surface area contributed by atoms with Crippen molar-refractivity contribution in [1.29, 1.82) is 0 Å². The van der Waals surface area contributed by atoms with Crippen molar-refractivity contribution >= 4 is 29.7 Å². The molecule has 1 aliphatic heterocycles. The SMILES string of the molecule is CC1CCCCC1N(C)C(=O)CN1CCCc2c(N)cccc21.Cl. The van der Waals surface area contributed by atoms with Crippen LogP contribution in [0.4, 0.5) is 11.4 Å². The van der Waals surface area contributed by atoms with E-state index in [0.717, 1.165) is 37.2 Å². The van der Waals surface area contributed by atoms with Gasteiger partial charge in [-0.25, -0.2) is 0 Å². The fraction of sp³-hybridized carbons (Fsp3) is 0.632. The second-order valence-corrected chi connectivity index (χ2v) is 7.20. The quantitative estimate of drug-likeness (QED) is 0.848. The Morgan fingerprint density at radius 1 is 1.29 bits per heavy atom. The summed E-state index contributed by atoms with van der Waals surface area (Å²) >= 11 is 0. The number of benzene rings is 1. The number of hydrogen-bond acceptors (Lipinski definition) is 3. The first kappa shape index (κ1) is 18.9. The molecule has 0 bridgehead atoms. The molecule has 1 aromatic carbocycles. The summed E-state index contributed by atoms with van der Waals surface area (Å²) in [6.07, 6.45) is 7.02. The van der Waals surface area contributed by atoms with E-state index in [1.807, 2.05) is 24.1 Å². The minimum atomic E-state index is 0. The van der Waals surface area contributed by atoms with Crippen molar-refractivity contribution in [3.63, 3.8) is 0 Å². The molecule has 0 spiro atoms. The van der Waals surface area contributed by atoms with Crippen molar-refractivity contribution < 1.29 is 4.79 Å². The van der Waals surface area contributed by atoms with Gasteiger partial charge in [-0.15, -0.1) is 12.4 Å². The van der Waals surface area contributed by atoms with Gasteiger partial charge in [-0.05, 0) is 49.3 Å². The summed E-state index contributed by atoms with van der Waals surface area (Å²) in [4.78, 5) is 17.0. The van der Waals surface area contributed by atoms with E-state index in [1.165, 1.54) is 24.8 Å². The Hall–Kier alpha value is -1.42. The third-order valence-corrected chi connectivity index (χ3v) is 5.67. The van der Waals surface area contributed by atoms with Gasteiger partial charge in [0, 0.05) is 31.0 Å². The van der Waals surface area contributed by atoms with Crippen LogP contribution in [0.2, 0.25) is 0 Å². The number of hydrogen-bond donors (Lipinski definition) is 1. The number of likely N-dealkylation sites (N-methyl/N-ethyl adjacent to an activating group) is 1. The summed E-state index contributed by atoms with van der Waals surface area (Å²) in [5, 5.41) is 0. The first-order chi connectivity index (χ1) is 11.1. The van der Waals surface area contributed by atoms with Crippen LogP contribution in [-0.4, -0.2) is 37.0 Å². The maximum atomic E-state index is 12.8. The van der Waals surface area contributed by atoms with E-state index in [2.05, 4.69) is 17.9 Å². The average molecular weight is 352 g/mol. The normalized spacial score (nSPS) is 23.2. The maximum Gasteiger partial charge on any atom is 0.242 e. The van der Waals surface area contributed by atoms with Crippen LogP contribution < -0.4 is 10.6 Å². The van der Waals surface area contributed by atoms with Crippen LogP contribution in [0.25, 0.3) is 0 Å². The lowest BCUT2D eigenvalue weighted by molar-refractivity contribution is -0.132. The highest BCUT2D eigenvalue weighted by Crippen LogP contribution is 2.32. The zero-order valence-electron chi connectivity index (χ0n) is 14.8. The first-order valence-electron chi connectivity index (χ1n) is 8.96. The predicted octanol–water partition coefficient (Wildman–Crippen LogP) is 3.48. The third kappa shape index (κ3) is 3.80. The Labute approximate surface area is 151 Å². The van der Waals surface area contributed by atoms with E-state index in [4.69, 9.17) is 5.73 Å². The van der Waals surface area contributed by atoms with E-state index in [9.17, 15) is 4.79 Å². The molecule has 1 saturated carbocycles. The molecule has 24 heavy (non-hydrogen) atoms. The third-order valence-electron chi connectivity index (χ3n) is 5.67. The molecule has 5 heteroatoms. The van der Waals surface area contributed by atoms with Gasteiger partial charge in [-0.3, -0.25) is 4.79 Å². The summed E-state index contributed by atoms with van der Waals surface area (Å²) in [5.74, 6) is 0.848. The zero-order valence-corrected chi connectivity index (χ0v) is 15.6. The lowest BCUT2D eigenvalue weighted by atomic mass is 9.85. The molecule has 4 nitrogen and oxygen atoms in total. The molecule has 2 N–H and O–H groups in total. The summed E-state index contributed by atoms with van der Waals surface area (Å²) in [6, 6.07) is 6.45. The monoisotopic (exact) mass is 351 g/mol. The first-order valence-corrected chi connectivity index (χ1v) is 8.96. The van der Waals surface area contributed by atoms with Gasteiger partial charge in [-0.2, -0.15) is 0 Å². The molecular formula is C19H30ClN3O. The van der Waals surface area contributed by atoms with Crippen LogP contribution in [0.1, 0.15) is 44.6 Å². The highest BCUT2D eigenvalue weighted by molar-refractivity contribution is 5.85. The second kappa shape index (κ2) is 8.11. The van der Waals surface area contributed by atoms with E-state index in [-0.39, 0.29) is 18.3 Å². The van der Waals surface area contributed by atoms with Gasteiger partial charge < -0.3 is 15.5 Å². The topological polar surface area (TPSA) is 49.6 Å². The van der Waals surface area contributed by atoms with Gasteiger partial charge in [0.25, 0.3) is 0 Å². The predicted molar refractivity (Wildman–Crippen MR) is 103 cm³/mol. The number of nitrogens with two attached hydrogens (primary N) is 1. The van der Waals surface area contributed by atoms with Gasteiger partial charge in [0.15, 0.2) is 0 Å². The maximum absolute atomic E-state index is 12.8. The van der Waals surface area contributed by atoms with Crippen molar-refractivity contribution in [2.75, 3.05) is 30.8 Å². The van der Waals surface area contributed by atoms with Crippen molar-refractivity contribution in [2.24, 2.45) is 5.92 Å². The molecule has 2 atom stereocenters. The van der Waals surface area contributed by atoms with Gasteiger partial charge in [0.1, 0.15) is 0 Å². The number of carbonyl (C=O) groups is 1. The fourth-order valence-electron chi connectivity index (χ4n) is 4.22. The second-order valence-electron chi connectivity index (χ2n) is 7.20. The van der Waals surface area contributed by atoms with Gasteiger partial charge in [-0.1, -0.05) is 25.8 Å². The van der Waals surface area contributed by atoms with Gasteiger partial charge in [0.2, 0.25) is 5.91 Å². The summed E-state index contributed by atoms with van der Waals surface area (Å²) in [7, 11) is 1.99. The highest BCUT2D eigenvalue weighted by Gasteiger charge is 2.29. The average Bonchev–Trinajstić information content (AvgIpc) is 2.55. The Balaban J connectivity index is 0.00000208. The van der Waals surface area contributed by atoms with Crippen molar-refractivity contribution in [3.05, 3.63) is 23.8 Å². The molecule has 2 aliphatic rings. The number of halogens is 1. The summed E-state index contributed by atoms with van der Waals surface area (Å²) in [5.41, 5.74) is 9.32. The molecule has 1 aromatic rings. The molecule has 134 valence electrons. The van der Waals surface area contributed by atoms with Crippen molar-refractivity contribution in [1.82, 2.24) is 4.90 Å². The van der Waals surface area contributed by atoms with E-state index >= 15 is 0 Å². The lowest BCUT2D eigenvalue weighted by Gasteiger charge is -2.38. The number of anilines is 2. The van der Waals surface area contributed by atoms with Crippen LogP contribution in [-0.2, 0) is 11.2 Å². The van der Waals surface area contributed by atoms with Crippen LogP contribution in [0.3, 0.4) is 0 Å². The smallest absolute Gasteiger partial charge is 0.242 e. The minimum Gasteiger partial charge on any atom is -0.398 e. The number of fused-ring (bicyclic) bond motifs is 1. The Bertz CT molecular complexity index is 578. The van der Waals surface area contributed by atoms with E-state index in [1.54, 1.807) is 0 Å². The van der Waals surface area contributed by atoms with Gasteiger partial charge >= 0.3 is 0 Å². The van der Waals surface area contributed by atoms with E-state index < -0.39 is 0 Å². The molecule has 1 amide bonds. The molecule has 2 unspecified atom stereocenters. The summed E-state index contributed by atoms with van der Waals surface area (Å²) in [6.45, 7) is 3.69. The molecule has 1 aliphatic carbocycles. The molecule has 1 fully saturated rings. The Morgan fingerprint density at radius 2 is 2.04 bits per heavy atom. The molecule has 1 heterocycles. The van der Waals surface area contributed by atoms with Crippen molar-refractivity contribution in [3.8, 4) is 0 Å². The summed E-state index contributed by atoms with van der Waals surface area (Å²) < 4.78 is 0. The number of carbonyl (C=O) groups excluding carboxylic acids is 1. The molecular weight excluding hydrogens is 322 g/mol. The van der Waals surface area contributed by atoms with Gasteiger partial charge in [0.05, 0.1) is 6.54 Å². The molecule has 0 radical (unpaired) electrons. The zero-order chi connectivity index (χ0) is 16.4. The minimum absolute atomic E-state index is 0. The number of rotatable bonds is 3. The fourth-order valence-corrected chi connectivity index (χ4v) is 4.22. The van der Waals surface area contributed by atoms with Crippen LogP contribution >= 0.6 is 12.4 Å². The van der Waals surface area contributed by atoms with E-state index in [0.29, 0.717) is 18.5 Å². The Kier molecular flexibility index (Phi) is 6.39.